The highest BCUT2D eigenvalue weighted by Crippen LogP contribution is 2.35. The Morgan fingerprint density at radius 1 is 0.957 bits per heavy atom. The first-order valence-corrected chi connectivity index (χ1v) is 10.2. The number of carbonyl (C=O) groups excluding carboxylic acids is 1. The molecule has 3 heteroatoms. The lowest BCUT2D eigenvalue weighted by atomic mass is 9.74. The first-order chi connectivity index (χ1) is 11.3. The highest BCUT2D eigenvalue weighted by atomic mass is 16.5. The van der Waals surface area contributed by atoms with Gasteiger partial charge in [0.15, 0.2) is 0 Å². The Kier molecular flexibility index (Phi) is 9.03. The van der Waals surface area contributed by atoms with E-state index in [1.54, 1.807) is 0 Å². The fraction of sp³-hybridized carbons (Fsp3) is 0.950. The SMILES string of the molecule is CCCCCCCCCCOC(=O)C1CC2CCCCC2CN1. The van der Waals surface area contributed by atoms with Gasteiger partial charge in [-0.25, -0.2) is 0 Å². The molecule has 1 heterocycles. The van der Waals surface area contributed by atoms with E-state index in [0.29, 0.717) is 6.61 Å². The fourth-order valence-electron chi connectivity index (χ4n) is 4.23. The fourth-order valence-corrected chi connectivity index (χ4v) is 4.23. The first kappa shape index (κ1) is 18.8. The third-order valence-electron chi connectivity index (χ3n) is 5.76. The van der Waals surface area contributed by atoms with E-state index < -0.39 is 0 Å². The van der Waals surface area contributed by atoms with Crippen molar-refractivity contribution in [1.29, 1.82) is 0 Å². The zero-order valence-corrected chi connectivity index (χ0v) is 15.2. The topological polar surface area (TPSA) is 38.3 Å². The van der Waals surface area contributed by atoms with Crippen LogP contribution in [0.25, 0.3) is 0 Å². The molecule has 0 aromatic carbocycles. The van der Waals surface area contributed by atoms with Gasteiger partial charge in [-0.05, 0) is 37.6 Å². The van der Waals surface area contributed by atoms with Gasteiger partial charge in [0.1, 0.15) is 6.04 Å². The van der Waals surface area contributed by atoms with E-state index >= 15 is 0 Å². The molecular formula is C20H37NO2. The summed E-state index contributed by atoms with van der Waals surface area (Å²) in [6.07, 6.45) is 16.6. The minimum Gasteiger partial charge on any atom is -0.465 e. The maximum Gasteiger partial charge on any atom is 0.323 e. The Morgan fingerprint density at radius 2 is 1.61 bits per heavy atom. The summed E-state index contributed by atoms with van der Waals surface area (Å²) in [4.78, 5) is 12.2. The Balaban J connectivity index is 1.48. The highest BCUT2D eigenvalue weighted by Gasteiger charge is 2.35. The molecule has 1 aliphatic heterocycles. The summed E-state index contributed by atoms with van der Waals surface area (Å²) in [5.74, 6) is 1.56. The van der Waals surface area contributed by atoms with Gasteiger partial charge in [0.05, 0.1) is 6.61 Å². The van der Waals surface area contributed by atoms with E-state index in [4.69, 9.17) is 4.74 Å². The molecule has 2 rings (SSSR count). The molecule has 1 saturated heterocycles. The van der Waals surface area contributed by atoms with Gasteiger partial charge in [-0.2, -0.15) is 0 Å². The lowest BCUT2D eigenvalue weighted by molar-refractivity contribution is -0.148. The molecule has 0 spiro atoms. The van der Waals surface area contributed by atoms with Crippen LogP contribution >= 0.6 is 0 Å². The number of nitrogens with one attached hydrogen (secondary N) is 1. The number of ether oxygens (including phenoxy) is 1. The van der Waals surface area contributed by atoms with E-state index in [0.717, 1.165) is 31.2 Å². The average molecular weight is 324 g/mol. The van der Waals surface area contributed by atoms with Crippen LogP contribution in [-0.2, 0) is 9.53 Å². The summed E-state index contributed by atoms with van der Waals surface area (Å²) in [7, 11) is 0. The summed E-state index contributed by atoms with van der Waals surface area (Å²) in [6.45, 7) is 3.88. The third kappa shape index (κ3) is 6.82. The molecule has 3 atom stereocenters. The summed E-state index contributed by atoms with van der Waals surface area (Å²) < 4.78 is 5.50. The zero-order valence-electron chi connectivity index (χ0n) is 15.2. The maximum atomic E-state index is 12.2. The van der Waals surface area contributed by atoms with Gasteiger partial charge in [0.25, 0.3) is 0 Å². The monoisotopic (exact) mass is 323 g/mol. The summed E-state index contributed by atoms with van der Waals surface area (Å²) in [5, 5.41) is 3.42. The standard InChI is InChI=1S/C20H37NO2/c1-2-3-4-5-6-7-8-11-14-23-20(22)19-15-17-12-9-10-13-18(17)16-21-19/h17-19,21H,2-16H2,1H3. The Hall–Kier alpha value is -0.570. The van der Waals surface area contributed by atoms with Crippen molar-refractivity contribution in [2.45, 2.75) is 96.4 Å². The Labute approximate surface area is 142 Å². The van der Waals surface area contributed by atoms with Gasteiger partial charge >= 0.3 is 5.97 Å². The van der Waals surface area contributed by atoms with Gasteiger partial charge in [0, 0.05) is 0 Å². The molecule has 2 aliphatic rings. The number of hydrogen-bond donors (Lipinski definition) is 1. The quantitative estimate of drug-likeness (QED) is 0.462. The number of unbranched alkanes of at least 4 members (excludes halogenated alkanes) is 7. The van der Waals surface area contributed by atoms with Crippen LogP contribution in [0.2, 0.25) is 0 Å². The van der Waals surface area contributed by atoms with Crippen molar-refractivity contribution in [1.82, 2.24) is 5.32 Å². The van der Waals surface area contributed by atoms with E-state index in [-0.39, 0.29) is 12.0 Å². The molecular weight excluding hydrogens is 286 g/mol. The predicted molar refractivity (Wildman–Crippen MR) is 95.4 cm³/mol. The number of carbonyl (C=O) groups is 1. The molecule has 1 aliphatic carbocycles. The number of rotatable bonds is 10. The van der Waals surface area contributed by atoms with Crippen LogP contribution in [0.1, 0.15) is 90.4 Å². The second-order valence-electron chi connectivity index (χ2n) is 7.64. The van der Waals surface area contributed by atoms with E-state index in [1.807, 2.05) is 0 Å². The van der Waals surface area contributed by atoms with Crippen molar-refractivity contribution >= 4 is 5.97 Å². The summed E-state index contributed by atoms with van der Waals surface area (Å²) in [5.41, 5.74) is 0. The molecule has 0 amide bonds. The van der Waals surface area contributed by atoms with Crippen molar-refractivity contribution in [3.63, 3.8) is 0 Å². The normalized spacial score (nSPS) is 27.4. The molecule has 3 nitrogen and oxygen atoms in total. The zero-order chi connectivity index (χ0) is 16.3. The van der Waals surface area contributed by atoms with Gasteiger partial charge in [0.2, 0.25) is 0 Å². The summed E-state index contributed by atoms with van der Waals surface area (Å²) >= 11 is 0. The molecule has 0 bridgehead atoms. The van der Waals surface area contributed by atoms with Crippen LogP contribution in [0.15, 0.2) is 0 Å². The average Bonchev–Trinajstić information content (AvgIpc) is 2.59. The first-order valence-electron chi connectivity index (χ1n) is 10.2. The Bertz CT molecular complexity index is 332. The van der Waals surface area contributed by atoms with Crippen LogP contribution in [0, 0.1) is 11.8 Å². The van der Waals surface area contributed by atoms with Crippen LogP contribution < -0.4 is 5.32 Å². The molecule has 0 aromatic heterocycles. The van der Waals surface area contributed by atoms with Crippen molar-refractivity contribution < 1.29 is 9.53 Å². The van der Waals surface area contributed by atoms with Crippen molar-refractivity contribution in [2.75, 3.05) is 13.2 Å². The minimum atomic E-state index is -0.0385. The predicted octanol–water partition coefficient (Wildman–Crippen LogP) is 4.84. The smallest absolute Gasteiger partial charge is 0.323 e. The lowest BCUT2D eigenvalue weighted by Crippen LogP contribution is -2.49. The molecule has 23 heavy (non-hydrogen) atoms. The van der Waals surface area contributed by atoms with Crippen LogP contribution in [0.5, 0.6) is 0 Å². The molecule has 1 saturated carbocycles. The van der Waals surface area contributed by atoms with Crippen molar-refractivity contribution in [3.8, 4) is 0 Å². The second-order valence-corrected chi connectivity index (χ2v) is 7.64. The molecule has 1 N–H and O–H groups in total. The van der Waals surface area contributed by atoms with Gasteiger partial charge in [-0.3, -0.25) is 4.79 Å². The minimum absolute atomic E-state index is 0.00281. The number of hydrogen-bond acceptors (Lipinski definition) is 3. The van der Waals surface area contributed by atoms with Crippen molar-refractivity contribution in [2.24, 2.45) is 11.8 Å². The Morgan fingerprint density at radius 3 is 2.35 bits per heavy atom. The van der Waals surface area contributed by atoms with Gasteiger partial charge < -0.3 is 10.1 Å². The number of piperidine rings is 1. The van der Waals surface area contributed by atoms with Crippen LogP contribution in [0.3, 0.4) is 0 Å². The van der Waals surface area contributed by atoms with Crippen LogP contribution in [-0.4, -0.2) is 25.2 Å². The summed E-state index contributed by atoms with van der Waals surface area (Å²) in [6, 6.07) is -0.0385. The van der Waals surface area contributed by atoms with E-state index in [1.165, 1.54) is 70.6 Å². The molecule has 0 aromatic rings. The molecule has 2 fully saturated rings. The third-order valence-corrected chi connectivity index (χ3v) is 5.76. The lowest BCUT2D eigenvalue weighted by Gasteiger charge is -2.39. The van der Waals surface area contributed by atoms with Crippen molar-refractivity contribution in [3.05, 3.63) is 0 Å². The van der Waals surface area contributed by atoms with Gasteiger partial charge in [-0.15, -0.1) is 0 Å². The van der Waals surface area contributed by atoms with E-state index in [2.05, 4.69) is 12.2 Å². The van der Waals surface area contributed by atoms with E-state index in [9.17, 15) is 4.79 Å². The molecule has 0 radical (unpaired) electrons. The number of fused-ring (bicyclic) bond motifs is 1. The van der Waals surface area contributed by atoms with Crippen LogP contribution in [0.4, 0.5) is 0 Å². The molecule has 3 unspecified atom stereocenters. The van der Waals surface area contributed by atoms with Gasteiger partial charge in [-0.1, -0.05) is 71.1 Å². The molecule has 134 valence electrons. The second kappa shape index (κ2) is 11.1. The maximum absolute atomic E-state index is 12.2. The largest absolute Gasteiger partial charge is 0.465 e. The number of esters is 1. The highest BCUT2D eigenvalue weighted by molar-refractivity contribution is 5.75.